The van der Waals surface area contributed by atoms with Crippen LogP contribution in [0.1, 0.15) is 12.8 Å². The monoisotopic (exact) mass is 337 g/mol. The molecule has 1 aliphatic heterocycles. The van der Waals surface area contributed by atoms with Gasteiger partial charge in [-0.2, -0.15) is 0 Å². The highest BCUT2D eigenvalue weighted by Gasteiger charge is 2.22. The lowest BCUT2D eigenvalue weighted by atomic mass is 10.1. The van der Waals surface area contributed by atoms with Gasteiger partial charge in [0.2, 0.25) is 0 Å². The zero-order valence-electron chi connectivity index (χ0n) is 11.7. The topological polar surface area (TPSA) is 40.5 Å². The lowest BCUT2D eigenvalue weighted by Gasteiger charge is -2.17. The lowest BCUT2D eigenvalue weighted by Crippen LogP contribution is -2.27. The Bertz CT molecular complexity index is 817. The molecule has 0 radical (unpaired) electrons. The summed E-state index contributed by atoms with van der Waals surface area (Å²) in [6, 6.07) is 5.04. The Kier molecular flexibility index (Phi) is 4.14. The molecule has 2 heterocycles. The van der Waals surface area contributed by atoms with Crippen molar-refractivity contribution in [1.29, 1.82) is 0 Å². The van der Waals surface area contributed by atoms with E-state index in [1.807, 2.05) is 4.68 Å². The van der Waals surface area contributed by atoms with Gasteiger partial charge in [-0.1, -0.05) is 29.3 Å². The molecule has 0 saturated heterocycles. The summed E-state index contributed by atoms with van der Waals surface area (Å²) in [7, 11) is 0. The van der Waals surface area contributed by atoms with Gasteiger partial charge >= 0.3 is 6.73 Å². The molecule has 7 heteroatoms. The van der Waals surface area contributed by atoms with Crippen LogP contribution in [0.2, 0.25) is 10.2 Å². The Hall–Kier alpha value is -1.90. The fourth-order valence-corrected chi connectivity index (χ4v) is 3.18. The van der Waals surface area contributed by atoms with Gasteiger partial charge in [0.1, 0.15) is 10.9 Å². The van der Waals surface area contributed by atoms with Crippen molar-refractivity contribution in [2.75, 3.05) is 6.73 Å². The molecular formula is C15H13Cl2N3O2. The van der Waals surface area contributed by atoms with Crippen molar-refractivity contribution in [3.63, 3.8) is 0 Å². The van der Waals surface area contributed by atoms with Gasteiger partial charge in [-0.05, 0) is 30.5 Å². The molecule has 3 rings (SSSR count). The molecule has 0 atom stereocenters. The van der Waals surface area contributed by atoms with Crippen molar-refractivity contribution >= 4 is 23.2 Å². The molecule has 0 spiro atoms. The van der Waals surface area contributed by atoms with E-state index in [0.29, 0.717) is 33.6 Å². The first kappa shape index (κ1) is 15.0. The van der Waals surface area contributed by atoms with E-state index in [-0.39, 0.29) is 12.3 Å². The Balaban J connectivity index is 2.11. The van der Waals surface area contributed by atoms with Crippen LogP contribution in [0.15, 0.2) is 23.0 Å². The van der Waals surface area contributed by atoms with Crippen LogP contribution in [0.25, 0.3) is 16.0 Å². The molecule has 0 N–H and O–H groups in total. The SMILES string of the molecule is [C-]#[N+]COc1cc(-c2c(Cl)n3n(c2=O)CCCC3)ccc1Cl. The molecule has 1 aromatic heterocycles. The number of halogens is 2. The second-order valence-corrected chi connectivity index (χ2v) is 5.77. The third-order valence-electron chi connectivity index (χ3n) is 3.67. The average Bonchev–Trinajstić information content (AvgIpc) is 2.79. The van der Waals surface area contributed by atoms with Gasteiger partial charge in [-0.25, -0.2) is 11.3 Å². The Morgan fingerprint density at radius 1 is 1.23 bits per heavy atom. The number of hydrogen-bond acceptors (Lipinski definition) is 2. The van der Waals surface area contributed by atoms with Crippen LogP contribution in [-0.2, 0) is 13.1 Å². The van der Waals surface area contributed by atoms with Crippen LogP contribution in [0.3, 0.4) is 0 Å². The summed E-state index contributed by atoms with van der Waals surface area (Å²) in [6.07, 6.45) is 1.98. The average molecular weight is 338 g/mol. The van der Waals surface area contributed by atoms with E-state index in [0.717, 1.165) is 19.4 Å². The van der Waals surface area contributed by atoms with Crippen molar-refractivity contribution in [3.8, 4) is 16.9 Å². The molecule has 2 aromatic rings. The van der Waals surface area contributed by atoms with E-state index in [4.69, 9.17) is 34.5 Å². The zero-order valence-corrected chi connectivity index (χ0v) is 13.2. The minimum absolute atomic E-state index is 0.108. The first-order valence-corrected chi connectivity index (χ1v) is 7.64. The summed E-state index contributed by atoms with van der Waals surface area (Å²) in [5.41, 5.74) is 0.991. The fourth-order valence-electron chi connectivity index (χ4n) is 2.64. The molecule has 0 amide bonds. The van der Waals surface area contributed by atoms with Gasteiger partial charge in [0.05, 0.1) is 10.6 Å². The van der Waals surface area contributed by atoms with Crippen LogP contribution >= 0.6 is 23.2 Å². The van der Waals surface area contributed by atoms with E-state index in [1.54, 1.807) is 22.9 Å². The maximum atomic E-state index is 12.6. The predicted octanol–water partition coefficient (Wildman–Crippen LogP) is 3.67. The molecule has 5 nitrogen and oxygen atoms in total. The largest absolute Gasteiger partial charge is 0.424 e. The highest BCUT2D eigenvalue weighted by molar-refractivity contribution is 6.33. The van der Waals surface area contributed by atoms with Gasteiger partial charge in [0.25, 0.3) is 5.56 Å². The molecule has 0 fully saturated rings. The van der Waals surface area contributed by atoms with Crippen LogP contribution < -0.4 is 10.3 Å². The molecule has 114 valence electrons. The van der Waals surface area contributed by atoms with Crippen molar-refractivity contribution in [2.45, 2.75) is 25.9 Å². The molecule has 0 saturated carbocycles. The van der Waals surface area contributed by atoms with Crippen molar-refractivity contribution in [1.82, 2.24) is 9.36 Å². The van der Waals surface area contributed by atoms with Gasteiger partial charge in [0, 0.05) is 13.1 Å². The number of nitrogens with zero attached hydrogens (tertiary/aromatic N) is 3. The van der Waals surface area contributed by atoms with E-state index in [2.05, 4.69) is 4.85 Å². The number of hydrogen-bond donors (Lipinski definition) is 0. The number of rotatable bonds is 3. The van der Waals surface area contributed by atoms with Crippen LogP contribution in [-0.4, -0.2) is 16.1 Å². The van der Waals surface area contributed by atoms with Crippen molar-refractivity contribution in [3.05, 3.63) is 50.1 Å². The smallest absolute Gasteiger partial charge is 0.357 e. The third kappa shape index (κ3) is 2.49. The molecule has 1 aliphatic rings. The normalized spacial score (nSPS) is 13.5. The molecule has 0 unspecified atom stereocenters. The molecule has 0 aliphatic carbocycles. The summed E-state index contributed by atoms with van der Waals surface area (Å²) >= 11 is 12.4. The molecule has 22 heavy (non-hydrogen) atoms. The minimum Gasteiger partial charge on any atom is -0.424 e. The second kappa shape index (κ2) is 6.07. The number of fused-ring (bicyclic) bond motifs is 1. The third-order valence-corrected chi connectivity index (χ3v) is 4.36. The van der Waals surface area contributed by atoms with Crippen LogP contribution in [0.4, 0.5) is 0 Å². The lowest BCUT2D eigenvalue weighted by molar-refractivity contribution is 0.356. The maximum Gasteiger partial charge on any atom is 0.357 e. The summed E-state index contributed by atoms with van der Waals surface area (Å²) in [4.78, 5) is 15.7. The Morgan fingerprint density at radius 3 is 2.64 bits per heavy atom. The molecule has 0 bridgehead atoms. The summed E-state index contributed by atoms with van der Waals surface area (Å²) in [5, 5.41) is 0.829. The Morgan fingerprint density at radius 2 is 1.95 bits per heavy atom. The maximum absolute atomic E-state index is 12.6. The number of benzene rings is 1. The highest BCUT2D eigenvalue weighted by Crippen LogP contribution is 2.33. The van der Waals surface area contributed by atoms with Gasteiger partial charge in [-0.3, -0.25) is 14.3 Å². The van der Waals surface area contributed by atoms with Crippen molar-refractivity contribution in [2.24, 2.45) is 0 Å². The quantitative estimate of drug-likeness (QED) is 0.801. The summed E-state index contributed by atoms with van der Waals surface area (Å²) < 4.78 is 8.78. The summed E-state index contributed by atoms with van der Waals surface area (Å²) in [5.74, 6) is 0.375. The standard InChI is InChI=1S/C15H13Cl2N3O2/c1-18-9-22-12-8-10(4-5-11(12)16)13-14(17)19-6-2-3-7-20(19)15(13)21/h4-5,8H,2-3,6-7,9H2. The molecule has 1 aromatic carbocycles. The van der Waals surface area contributed by atoms with Gasteiger partial charge in [-0.15, -0.1) is 0 Å². The van der Waals surface area contributed by atoms with E-state index in [1.165, 1.54) is 0 Å². The van der Waals surface area contributed by atoms with Crippen LogP contribution in [0.5, 0.6) is 5.75 Å². The second-order valence-electron chi connectivity index (χ2n) is 5.00. The zero-order chi connectivity index (χ0) is 15.7. The Labute approximate surface area is 137 Å². The highest BCUT2D eigenvalue weighted by atomic mass is 35.5. The number of ether oxygens (including phenoxy) is 1. The summed E-state index contributed by atoms with van der Waals surface area (Å²) in [6.45, 7) is 8.07. The van der Waals surface area contributed by atoms with Gasteiger partial charge in [0.15, 0.2) is 0 Å². The minimum atomic E-state index is -0.123. The first-order chi connectivity index (χ1) is 10.6. The fraction of sp³-hybridized carbons (Fsp3) is 0.333. The molecular weight excluding hydrogens is 325 g/mol. The van der Waals surface area contributed by atoms with Gasteiger partial charge < -0.3 is 4.74 Å². The van der Waals surface area contributed by atoms with E-state index >= 15 is 0 Å². The number of aromatic nitrogens is 2. The van der Waals surface area contributed by atoms with E-state index in [9.17, 15) is 4.79 Å². The van der Waals surface area contributed by atoms with Crippen LogP contribution in [0, 0.1) is 6.57 Å². The predicted molar refractivity (Wildman–Crippen MR) is 85.5 cm³/mol. The first-order valence-electron chi connectivity index (χ1n) is 6.88. The van der Waals surface area contributed by atoms with Crippen molar-refractivity contribution < 1.29 is 4.74 Å². The van der Waals surface area contributed by atoms with E-state index < -0.39 is 0 Å².